The van der Waals surface area contributed by atoms with Crippen molar-refractivity contribution in [1.29, 1.82) is 0 Å². The zero-order valence-corrected chi connectivity index (χ0v) is 13.5. The molecule has 0 aliphatic heterocycles. The molecule has 1 aliphatic carbocycles. The van der Waals surface area contributed by atoms with Gasteiger partial charge in [0, 0.05) is 6.42 Å². The third-order valence-corrected chi connectivity index (χ3v) is 3.50. The minimum absolute atomic E-state index is 0.116. The normalized spacial score (nSPS) is 18.0. The second kappa shape index (κ2) is 8.51. The number of carbonyl (C=O) groups is 3. The van der Waals surface area contributed by atoms with Crippen LogP contribution in [0.1, 0.15) is 46.5 Å². The zero-order valence-electron chi connectivity index (χ0n) is 13.5. The highest BCUT2D eigenvalue weighted by Crippen LogP contribution is 2.37. The van der Waals surface area contributed by atoms with Crippen LogP contribution in [0, 0.1) is 5.41 Å². The maximum absolute atomic E-state index is 12.3. The third kappa shape index (κ3) is 4.55. The molecule has 0 atom stereocenters. The van der Waals surface area contributed by atoms with Gasteiger partial charge in [0.25, 0.3) is 0 Å². The zero-order chi connectivity index (χ0) is 16.6. The Morgan fingerprint density at radius 1 is 1.18 bits per heavy atom. The van der Waals surface area contributed by atoms with Gasteiger partial charge in [0.05, 0.1) is 13.2 Å². The molecule has 22 heavy (non-hydrogen) atoms. The summed E-state index contributed by atoms with van der Waals surface area (Å²) in [6.07, 6.45) is 7.29. The Bertz CT molecular complexity index is 469. The molecule has 0 aromatic carbocycles. The Labute approximate surface area is 131 Å². The second-order valence-electron chi connectivity index (χ2n) is 5.30. The van der Waals surface area contributed by atoms with E-state index in [9.17, 15) is 14.4 Å². The molecule has 1 rings (SSSR count). The molecule has 0 amide bonds. The molecular formula is C17H24O5. The van der Waals surface area contributed by atoms with Gasteiger partial charge in [-0.1, -0.05) is 23.8 Å². The number of hydrogen-bond acceptors (Lipinski definition) is 5. The molecular weight excluding hydrogens is 284 g/mol. The lowest BCUT2D eigenvalue weighted by molar-refractivity contribution is -0.168. The smallest absolute Gasteiger partial charge is 0.327 e. The van der Waals surface area contributed by atoms with Gasteiger partial charge in [-0.3, -0.25) is 9.59 Å². The van der Waals surface area contributed by atoms with Gasteiger partial charge < -0.3 is 14.3 Å². The Hall–Kier alpha value is -1.91. The van der Waals surface area contributed by atoms with E-state index in [1.807, 2.05) is 6.08 Å². The fourth-order valence-corrected chi connectivity index (χ4v) is 2.42. The van der Waals surface area contributed by atoms with Crippen molar-refractivity contribution < 1.29 is 23.9 Å². The molecule has 122 valence electrons. The molecule has 5 heteroatoms. The summed E-state index contributed by atoms with van der Waals surface area (Å²) >= 11 is 0. The Morgan fingerprint density at radius 2 is 1.77 bits per heavy atom. The lowest BCUT2D eigenvalue weighted by Gasteiger charge is -2.29. The average molecular weight is 308 g/mol. The molecule has 0 saturated carbocycles. The summed E-state index contributed by atoms with van der Waals surface area (Å²) in [5, 5.41) is 0. The highest BCUT2D eigenvalue weighted by atomic mass is 16.6. The van der Waals surface area contributed by atoms with E-state index in [0.717, 1.165) is 5.57 Å². The minimum atomic E-state index is -1.40. The summed E-state index contributed by atoms with van der Waals surface area (Å²) in [4.78, 5) is 35.6. The number of hydrogen-bond donors (Lipinski definition) is 0. The van der Waals surface area contributed by atoms with Crippen LogP contribution in [-0.2, 0) is 23.9 Å². The van der Waals surface area contributed by atoms with Crippen LogP contribution in [0.5, 0.6) is 0 Å². The van der Waals surface area contributed by atoms with Crippen molar-refractivity contribution in [2.24, 2.45) is 5.41 Å². The van der Waals surface area contributed by atoms with E-state index in [0.29, 0.717) is 19.3 Å². The van der Waals surface area contributed by atoms with Crippen molar-refractivity contribution in [3.8, 4) is 0 Å². The van der Waals surface area contributed by atoms with Gasteiger partial charge in [-0.05, 0) is 40.0 Å². The quantitative estimate of drug-likeness (QED) is 0.411. The molecule has 0 bridgehead atoms. The Morgan fingerprint density at radius 3 is 2.27 bits per heavy atom. The Balaban J connectivity index is 2.98. The fourth-order valence-electron chi connectivity index (χ4n) is 2.42. The van der Waals surface area contributed by atoms with E-state index in [2.05, 4.69) is 0 Å². The summed E-state index contributed by atoms with van der Waals surface area (Å²) in [5.41, 5.74) is -0.448. The summed E-state index contributed by atoms with van der Waals surface area (Å²) in [6, 6.07) is 0. The molecule has 0 aromatic heterocycles. The van der Waals surface area contributed by atoms with Gasteiger partial charge in [-0.25, -0.2) is 0 Å². The molecule has 0 heterocycles. The molecule has 0 spiro atoms. The van der Waals surface area contributed by atoms with Crippen LogP contribution in [-0.4, -0.2) is 30.9 Å². The van der Waals surface area contributed by atoms with E-state index in [-0.39, 0.29) is 25.4 Å². The van der Waals surface area contributed by atoms with Crippen molar-refractivity contribution in [2.75, 3.05) is 13.2 Å². The van der Waals surface area contributed by atoms with Crippen LogP contribution in [0.15, 0.2) is 23.8 Å². The van der Waals surface area contributed by atoms with E-state index < -0.39 is 17.4 Å². The summed E-state index contributed by atoms with van der Waals surface area (Å²) in [5.74, 6) is -1.05. The summed E-state index contributed by atoms with van der Waals surface area (Å²) in [6.45, 7) is 5.36. The van der Waals surface area contributed by atoms with Crippen LogP contribution in [0.25, 0.3) is 0 Å². The highest BCUT2D eigenvalue weighted by molar-refractivity contribution is 6.03. The molecule has 0 radical (unpaired) electrons. The number of rotatable bonds is 7. The van der Waals surface area contributed by atoms with Crippen molar-refractivity contribution >= 4 is 17.7 Å². The van der Waals surface area contributed by atoms with E-state index in [4.69, 9.17) is 9.47 Å². The van der Waals surface area contributed by atoms with Gasteiger partial charge in [-0.2, -0.15) is 0 Å². The van der Waals surface area contributed by atoms with Crippen LogP contribution in [0.2, 0.25) is 0 Å². The van der Waals surface area contributed by atoms with Gasteiger partial charge in [0.2, 0.25) is 0 Å². The number of ether oxygens (including phenoxy) is 2. The largest absolute Gasteiger partial charge is 0.465 e. The number of Topliss-reactive ketones (excluding diaryl/α,β-unsaturated/α-hetero) is 1. The Kier molecular flexibility index (Phi) is 7.02. The summed E-state index contributed by atoms with van der Waals surface area (Å²) < 4.78 is 10.1. The van der Waals surface area contributed by atoms with Gasteiger partial charge >= 0.3 is 11.9 Å². The minimum Gasteiger partial charge on any atom is -0.465 e. The first-order chi connectivity index (χ1) is 10.5. The van der Waals surface area contributed by atoms with Crippen LogP contribution in [0.4, 0.5) is 0 Å². The van der Waals surface area contributed by atoms with Crippen molar-refractivity contribution in [3.05, 3.63) is 23.8 Å². The topological polar surface area (TPSA) is 69.7 Å². The van der Waals surface area contributed by atoms with Crippen LogP contribution in [0.3, 0.4) is 0 Å². The molecule has 0 saturated heterocycles. The number of allylic oxidation sites excluding steroid dienone is 3. The average Bonchev–Trinajstić information content (AvgIpc) is 2.47. The molecule has 5 nitrogen and oxygen atoms in total. The van der Waals surface area contributed by atoms with Crippen LogP contribution < -0.4 is 0 Å². The van der Waals surface area contributed by atoms with Crippen molar-refractivity contribution in [1.82, 2.24) is 0 Å². The predicted molar refractivity (Wildman–Crippen MR) is 82.1 cm³/mol. The predicted octanol–water partition coefficient (Wildman–Crippen LogP) is 2.74. The molecule has 0 N–H and O–H groups in total. The lowest BCUT2D eigenvalue weighted by atomic mass is 9.76. The van der Waals surface area contributed by atoms with Gasteiger partial charge in [-0.15, -0.1) is 0 Å². The number of carbonyl (C=O) groups excluding carboxylic acids is 3. The first kappa shape index (κ1) is 18.1. The van der Waals surface area contributed by atoms with E-state index >= 15 is 0 Å². The maximum Gasteiger partial charge on any atom is 0.327 e. The van der Waals surface area contributed by atoms with Gasteiger partial charge in [0.15, 0.2) is 5.41 Å². The summed E-state index contributed by atoms with van der Waals surface area (Å²) in [7, 11) is 0. The van der Waals surface area contributed by atoms with E-state index in [1.54, 1.807) is 32.9 Å². The first-order valence-electron chi connectivity index (χ1n) is 7.65. The lowest BCUT2D eigenvalue weighted by Crippen LogP contribution is -2.42. The number of esters is 2. The monoisotopic (exact) mass is 308 g/mol. The standard InChI is InChI=1S/C17H24O5/c1-4-21-15(19)17(16(20)22-5-2)11-7-10-14(12-17)9-6-8-13(3)18/h7,9,11H,4-6,8,10,12H2,1-3H3/b14-9+. The second-order valence-corrected chi connectivity index (χ2v) is 5.30. The SMILES string of the molecule is CCOC(=O)C1(C(=O)OCC)C=CC/C(=C\CCC(C)=O)C1. The molecule has 1 aliphatic rings. The molecule has 0 unspecified atom stereocenters. The first-order valence-corrected chi connectivity index (χ1v) is 7.65. The van der Waals surface area contributed by atoms with Crippen LogP contribution >= 0.6 is 0 Å². The fraction of sp³-hybridized carbons (Fsp3) is 0.588. The van der Waals surface area contributed by atoms with Crippen molar-refractivity contribution in [3.63, 3.8) is 0 Å². The van der Waals surface area contributed by atoms with E-state index in [1.165, 1.54) is 0 Å². The number of ketones is 1. The van der Waals surface area contributed by atoms with Crippen molar-refractivity contribution in [2.45, 2.75) is 46.5 Å². The maximum atomic E-state index is 12.3. The van der Waals surface area contributed by atoms with Gasteiger partial charge in [0.1, 0.15) is 5.78 Å². The highest BCUT2D eigenvalue weighted by Gasteiger charge is 2.48. The molecule has 0 fully saturated rings. The molecule has 0 aromatic rings. The third-order valence-electron chi connectivity index (χ3n) is 3.50.